The lowest BCUT2D eigenvalue weighted by molar-refractivity contribution is 0.102. The number of rotatable bonds is 4. The third-order valence-electron chi connectivity index (χ3n) is 4.78. The number of nitrogens with one attached hydrogen (secondary N) is 1. The lowest BCUT2D eigenvalue weighted by atomic mass is 10.0. The van der Waals surface area contributed by atoms with Gasteiger partial charge in [0, 0.05) is 28.6 Å². The Bertz CT molecular complexity index is 1390. The van der Waals surface area contributed by atoms with E-state index in [4.69, 9.17) is 9.05 Å². The van der Waals surface area contributed by atoms with Crippen LogP contribution in [-0.2, 0) is 0 Å². The second-order valence-electron chi connectivity index (χ2n) is 6.94. The van der Waals surface area contributed by atoms with Crippen LogP contribution in [0.4, 0.5) is 10.1 Å². The minimum Gasteiger partial charge on any atom is -0.356 e. The molecule has 0 aliphatic carbocycles. The van der Waals surface area contributed by atoms with Crippen LogP contribution in [0.1, 0.15) is 16.1 Å². The molecule has 0 bridgehead atoms. The SMILES string of the molecule is Cc1cc(C(=O)Nc2cccc(-c3ccno3)c2)c2c(-c3ccc(F)cc3)noc2n1. The van der Waals surface area contributed by atoms with Crippen molar-refractivity contribution in [3.63, 3.8) is 0 Å². The lowest BCUT2D eigenvalue weighted by Crippen LogP contribution is -2.13. The molecule has 3 heterocycles. The van der Waals surface area contributed by atoms with Gasteiger partial charge in [0.15, 0.2) is 5.76 Å². The van der Waals surface area contributed by atoms with E-state index in [1.165, 1.54) is 12.1 Å². The highest BCUT2D eigenvalue weighted by Crippen LogP contribution is 2.31. The molecule has 1 amide bonds. The van der Waals surface area contributed by atoms with E-state index in [9.17, 15) is 9.18 Å². The summed E-state index contributed by atoms with van der Waals surface area (Å²) >= 11 is 0. The maximum absolute atomic E-state index is 13.3. The summed E-state index contributed by atoms with van der Waals surface area (Å²) < 4.78 is 23.9. The number of carbonyl (C=O) groups excluding carboxylic acids is 1. The van der Waals surface area contributed by atoms with E-state index in [1.54, 1.807) is 49.5 Å². The fourth-order valence-electron chi connectivity index (χ4n) is 3.37. The first-order valence-corrected chi connectivity index (χ1v) is 9.44. The minimum atomic E-state index is -0.366. The second-order valence-corrected chi connectivity index (χ2v) is 6.94. The van der Waals surface area contributed by atoms with Gasteiger partial charge in [0.1, 0.15) is 11.5 Å². The summed E-state index contributed by atoms with van der Waals surface area (Å²) in [5.74, 6) is -0.122. The normalized spacial score (nSPS) is 11.0. The van der Waals surface area contributed by atoms with Crippen molar-refractivity contribution in [3.05, 3.63) is 83.9 Å². The van der Waals surface area contributed by atoms with Crippen LogP contribution in [0, 0.1) is 12.7 Å². The predicted molar refractivity (Wildman–Crippen MR) is 112 cm³/mol. The Morgan fingerprint density at radius 2 is 1.84 bits per heavy atom. The molecule has 3 aromatic heterocycles. The van der Waals surface area contributed by atoms with Crippen molar-refractivity contribution < 1.29 is 18.2 Å². The zero-order valence-corrected chi connectivity index (χ0v) is 16.3. The van der Waals surface area contributed by atoms with E-state index in [0.29, 0.717) is 39.3 Å². The number of anilines is 1. The topological polar surface area (TPSA) is 94.1 Å². The van der Waals surface area contributed by atoms with Crippen LogP contribution < -0.4 is 5.32 Å². The molecule has 0 aliphatic rings. The zero-order chi connectivity index (χ0) is 21.4. The largest absolute Gasteiger partial charge is 0.356 e. The molecule has 0 saturated heterocycles. The molecule has 1 N–H and O–H groups in total. The molecule has 0 aliphatic heterocycles. The first-order chi connectivity index (χ1) is 15.1. The van der Waals surface area contributed by atoms with Crippen LogP contribution in [0.3, 0.4) is 0 Å². The molecule has 0 atom stereocenters. The third kappa shape index (κ3) is 3.55. The van der Waals surface area contributed by atoms with Crippen molar-refractivity contribution in [2.24, 2.45) is 0 Å². The van der Waals surface area contributed by atoms with Gasteiger partial charge in [-0.3, -0.25) is 4.79 Å². The van der Waals surface area contributed by atoms with Crippen LogP contribution in [0.25, 0.3) is 33.7 Å². The molecule has 8 heteroatoms. The number of halogens is 1. The molecule has 2 aromatic carbocycles. The maximum atomic E-state index is 13.3. The highest BCUT2D eigenvalue weighted by atomic mass is 19.1. The molecule has 5 rings (SSSR count). The molecule has 152 valence electrons. The molecule has 0 saturated carbocycles. The number of benzene rings is 2. The van der Waals surface area contributed by atoms with Gasteiger partial charge in [-0.25, -0.2) is 9.37 Å². The fourth-order valence-corrected chi connectivity index (χ4v) is 3.37. The number of aromatic nitrogens is 3. The van der Waals surface area contributed by atoms with Crippen molar-refractivity contribution in [2.75, 3.05) is 5.32 Å². The zero-order valence-electron chi connectivity index (χ0n) is 16.3. The van der Waals surface area contributed by atoms with Crippen molar-refractivity contribution >= 4 is 22.7 Å². The number of carbonyl (C=O) groups is 1. The molecule has 0 unspecified atom stereocenters. The van der Waals surface area contributed by atoms with Crippen LogP contribution >= 0.6 is 0 Å². The summed E-state index contributed by atoms with van der Waals surface area (Å²) in [6, 6.07) is 16.4. The van der Waals surface area contributed by atoms with Gasteiger partial charge in [-0.05, 0) is 49.4 Å². The summed E-state index contributed by atoms with van der Waals surface area (Å²) in [6.07, 6.45) is 1.56. The molecule has 0 radical (unpaired) electrons. The molecule has 0 spiro atoms. The van der Waals surface area contributed by atoms with Crippen LogP contribution in [0.5, 0.6) is 0 Å². The molecular formula is C23H15FN4O3. The van der Waals surface area contributed by atoms with Gasteiger partial charge in [0.25, 0.3) is 11.6 Å². The highest BCUT2D eigenvalue weighted by molar-refractivity contribution is 6.14. The fraction of sp³-hybridized carbons (Fsp3) is 0.0435. The molecule has 0 fully saturated rings. The smallest absolute Gasteiger partial charge is 0.259 e. The third-order valence-corrected chi connectivity index (χ3v) is 4.78. The summed E-state index contributed by atoms with van der Waals surface area (Å²) in [5, 5.41) is 11.1. The Labute approximate surface area is 175 Å². The Morgan fingerprint density at radius 3 is 2.61 bits per heavy atom. The maximum Gasteiger partial charge on any atom is 0.259 e. The number of hydrogen-bond donors (Lipinski definition) is 1. The second kappa shape index (κ2) is 7.49. The number of fused-ring (bicyclic) bond motifs is 1. The van der Waals surface area contributed by atoms with Gasteiger partial charge in [-0.1, -0.05) is 22.4 Å². The summed E-state index contributed by atoms with van der Waals surface area (Å²) in [6.45, 7) is 1.76. The van der Waals surface area contributed by atoms with Gasteiger partial charge >= 0.3 is 0 Å². The first kappa shape index (κ1) is 18.7. The van der Waals surface area contributed by atoms with Crippen molar-refractivity contribution in [2.45, 2.75) is 6.92 Å². The minimum absolute atomic E-state index is 0.236. The van der Waals surface area contributed by atoms with E-state index in [1.807, 2.05) is 12.1 Å². The quantitative estimate of drug-likeness (QED) is 0.432. The number of nitrogens with zero attached hydrogens (tertiary/aromatic N) is 3. The Kier molecular flexibility index (Phi) is 4.51. The van der Waals surface area contributed by atoms with Gasteiger partial charge in [0.05, 0.1) is 17.1 Å². The first-order valence-electron chi connectivity index (χ1n) is 9.44. The Hall–Kier alpha value is -4.33. The molecule has 31 heavy (non-hydrogen) atoms. The number of amides is 1. The summed E-state index contributed by atoms with van der Waals surface area (Å²) in [5.41, 5.74) is 3.60. The van der Waals surface area contributed by atoms with Gasteiger partial charge in [-0.2, -0.15) is 0 Å². The summed E-state index contributed by atoms with van der Waals surface area (Å²) in [4.78, 5) is 17.5. The summed E-state index contributed by atoms with van der Waals surface area (Å²) in [7, 11) is 0. The number of aryl methyl sites for hydroxylation is 1. The van der Waals surface area contributed by atoms with Crippen molar-refractivity contribution in [3.8, 4) is 22.6 Å². The van der Waals surface area contributed by atoms with Gasteiger partial charge < -0.3 is 14.4 Å². The molecular weight excluding hydrogens is 399 g/mol. The van der Waals surface area contributed by atoms with Crippen LogP contribution in [0.15, 0.2) is 75.9 Å². The Balaban J connectivity index is 1.55. The van der Waals surface area contributed by atoms with E-state index >= 15 is 0 Å². The van der Waals surface area contributed by atoms with Crippen molar-refractivity contribution in [1.29, 1.82) is 0 Å². The monoisotopic (exact) mass is 414 g/mol. The highest BCUT2D eigenvalue weighted by Gasteiger charge is 2.21. The van der Waals surface area contributed by atoms with E-state index in [0.717, 1.165) is 5.56 Å². The number of hydrogen-bond acceptors (Lipinski definition) is 6. The van der Waals surface area contributed by atoms with Crippen LogP contribution in [0.2, 0.25) is 0 Å². The van der Waals surface area contributed by atoms with Gasteiger partial charge in [0.2, 0.25) is 0 Å². The molecule has 5 aromatic rings. The van der Waals surface area contributed by atoms with Gasteiger partial charge in [-0.15, -0.1) is 0 Å². The number of pyridine rings is 1. The Morgan fingerprint density at radius 1 is 1.00 bits per heavy atom. The average molecular weight is 414 g/mol. The van der Waals surface area contributed by atoms with E-state index in [2.05, 4.69) is 20.6 Å². The van der Waals surface area contributed by atoms with Crippen molar-refractivity contribution in [1.82, 2.24) is 15.3 Å². The molecule has 7 nitrogen and oxygen atoms in total. The van der Waals surface area contributed by atoms with E-state index < -0.39 is 0 Å². The lowest BCUT2D eigenvalue weighted by Gasteiger charge is -2.08. The van der Waals surface area contributed by atoms with Crippen LogP contribution in [-0.4, -0.2) is 21.2 Å². The van der Waals surface area contributed by atoms with E-state index in [-0.39, 0.29) is 17.4 Å². The standard InChI is InChI=1S/C23H15FN4O3/c1-13-11-18(20-21(28-31-23(20)26-13)14-5-7-16(24)8-6-14)22(29)27-17-4-2-3-15(12-17)19-9-10-25-30-19/h2-12H,1H3,(H,27,29). The average Bonchev–Trinajstić information content (AvgIpc) is 3.44. The predicted octanol–water partition coefficient (Wildman–Crippen LogP) is 5.24.